The fourth-order valence-electron chi connectivity index (χ4n) is 2.76. The van der Waals surface area contributed by atoms with Gasteiger partial charge in [0.2, 0.25) is 0 Å². The second kappa shape index (κ2) is 10.6. The molecule has 0 amide bonds. The van der Waals surface area contributed by atoms with Gasteiger partial charge >= 0.3 is 0 Å². The first kappa shape index (κ1) is 19.9. The van der Waals surface area contributed by atoms with Crippen molar-refractivity contribution in [2.75, 3.05) is 51.8 Å². The minimum absolute atomic E-state index is 0. The highest BCUT2D eigenvalue weighted by Gasteiger charge is 2.21. The van der Waals surface area contributed by atoms with Crippen LogP contribution in [0.2, 0.25) is 0 Å². The minimum Gasteiger partial charge on any atom is -0.495 e. The largest absolute Gasteiger partial charge is 0.495 e. The SMILES string of the molecule is CCCCNC(=NC)N1CCN(c2ccccc2OC)CC1.I. The lowest BCUT2D eigenvalue weighted by Crippen LogP contribution is -2.52. The summed E-state index contributed by atoms with van der Waals surface area (Å²) in [6.45, 7) is 7.11. The number of aliphatic imine (C=N–C) groups is 1. The first-order chi connectivity index (χ1) is 10.8. The van der Waals surface area contributed by atoms with Crippen LogP contribution in [-0.4, -0.2) is 57.7 Å². The Bertz CT molecular complexity index is 487. The van der Waals surface area contributed by atoms with Crippen molar-refractivity contribution in [1.82, 2.24) is 10.2 Å². The van der Waals surface area contributed by atoms with Gasteiger partial charge in [-0.1, -0.05) is 25.5 Å². The van der Waals surface area contributed by atoms with E-state index in [1.54, 1.807) is 7.11 Å². The van der Waals surface area contributed by atoms with E-state index in [9.17, 15) is 0 Å². The van der Waals surface area contributed by atoms with E-state index in [1.807, 2.05) is 19.2 Å². The number of piperazine rings is 1. The molecule has 1 fully saturated rings. The van der Waals surface area contributed by atoms with Crippen LogP contribution >= 0.6 is 24.0 Å². The molecule has 0 aliphatic carbocycles. The number of hydrogen-bond donors (Lipinski definition) is 1. The van der Waals surface area contributed by atoms with Crippen molar-refractivity contribution in [3.05, 3.63) is 24.3 Å². The van der Waals surface area contributed by atoms with E-state index in [4.69, 9.17) is 4.74 Å². The molecule has 0 unspecified atom stereocenters. The standard InChI is InChI=1S/C17H28N4O.HI/c1-4-5-10-19-17(18-2)21-13-11-20(12-14-21)15-8-6-7-9-16(15)22-3;/h6-9H,4-5,10-14H2,1-3H3,(H,18,19);1H. The predicted molar refractivity (Wildman–Crippen MR) is 108 cm³/mol. The Labute approximate surface area is 157 Å². The summed E-state index contributed by atoms with van der Waals surface area (Å²) >= 11 is 0. The molecule has 0 radical (unpaired) electrons. The van der Waals surface area contributed by atoms with Gasteiger partial charge in [0.1, 0.15) is 5.75 Å². The van der Waals surface area contributed by atoms with Gasteiger partial charge in [0, 0.05) is 39.8 Å². The first-order valence-electron chi connectivity index (χ1n) is 8.13. The van der Waals surface area contributed by atoms with E-state index in [-0.39, 0.29) is 24.0 Å². The summed E-state index contributed by atoms with van der Waals surface area (Å²) in [5, 5.41) is 3.45. The quantitative estimate of drug-likeness (QED) is 0.336. The molecule has 1 saturated heterocycles. The molecule has 0 aromatic heterocycles. The van der Waals surface area contributed by atoms with Gasteiger partial charge in [0.25, 0.3) is 0 Å². The number of unbranched alkanes of at least 4 members (excludes halogenated alkanes) is 1. The highest BCUT2D eigenvalue weighted by Crippen LogP contribution is 2.28. The molecule has 130 valence electrons. The third kappa shape index (κ3) is 5.44. The van der Waals surface area contributed by atoms with E-state index in [0.29, 0.717) is 0 Å². The Morgan fingerprint density at radius 1 is 1.22 bits per heavy atom. The smallest absolute Gasteiger partial charge is 0.193 e. The zero-order chi connectivity index (χ0) is 15.8. The summed E-state index contributed by atoms with van der Waals surface area (Å²) < 4.78 is 5.47. The lowest BCUT2D eigenvalue weighted by Gasteiger charge is -2.38. The van der Waals surface area contributed by atoms with E-state index < -0.39 is 0 Å². The van der Waals surface area contributed by atoms with E-state index in [2.05, 4.69) is 39.2 Å². The summed E-state index contributed by atoms with van der Waals surface area (Å²) in [5.74, 6) is 1.97. The van der Waals surface area contributed by atoms with Crippen LogP contribution in [0, 0.1) is 0 Å². The maximum absolute atomic E-state index is 5.47. The monoisotopic (exact) mass is 432 g/mol. The topological polar surface area (TPSA) is 40.1 Å². The molecule has 1 aromatic rings. The number of guanidine groups is 1. The number of hydrogen-bond acceptors (Lipinski definition) is 3. The van der Waals surface area contributed by atoms with Crippen molar-refractivity contribution >= 4 is 35.6 Å². The number of ether oxygens (including phenoxy) is 1. The maximum Gasteiger partial charge on any atom is 0.193 e. The van der Waals surface area contributed by atoms with Gasteiger partial charge in [0.15, 0.2) is 5.96 Å². The number of halogens is 1. The molecule has 0 saturated carbocycles. The average Bonchev–Trinajstić information content (AvgIpc) is 2.59. The lowest BCUT2D eigenvalue weighted by atomic mass is 10.2. The predicted octanol–water partition coefficient (Wildman–Crippen LogP) is 2.81. The Balaban J connectivity index is 0.00000264. The van der Waals surface area contributed by atoms with Crippen molar-refractivity contribution in [1.29, 1.82) is 0 Å². The van der Waals surface area contributed by atoms with Gasteiger partial charge in [-0.15, -0.1) is 24.0 Å². The van der Waals surface area contributed by atoms with Crippen LogP contribution in [0.5, 0.6) is 5.75 Å². The normalized spacial score (nSPS) is 15.2. The number of rotatable bonds is 5. The van der Waals surface area contributed by atoms with Crippen molar-refractivity contribution in [2.45, 2.75) is 19.8 Å². The number of nitrogens with zero attached hydrogens (tertiary/aromatic N) is 3. The van der Waals surface area contributed by atoms with Crippen LogP contribution in [0.4, 0.5) is 5.69 Å². The number of anilines is 1. The molecule has 1 aliphatic rings. The Morgan fingerprint density at radius 2 is 1.91 bits per heavy atom. The number of benzene rings is 1. The van der Waals surface area contributed by atoms with Crippen molar-refractivity contribution in [3.8, 4) is 5.75 Å². The molecule has 1 N–H and O–H groups in total. The fourth-order valence-corrected chi connectivity index (χ4v) is 2.76. The van der Waals surface area contributed by atoms with Crippen LogP contribution in [0.15, 0.2) is 29.3 Å². The van der Waals surface area contributed by atoms with Crippen LogP contribution in [0.1, 0.15) is 19.8 Å². The van der Waals surface area contributed by atoms with Crippen molar-refractivity contribution in [2.24, 2.45) is 4.99 Å². The molecule has 0 spiro atoms. The molecule has 2 rings (SSSR count). The Kier molecular flexibility index (Phi) is 9.13. The minimum atomic E-state index is 0. The lowest BCUT2D eigenvalue weighted by molar-refractivity contribution is 0.367. The highest BCUT2D eigenvalue weighted by molar-refractivity contribution is 14.0. The fraction of sp³-hybridized carbons (Fsp3) is 0.588. The number of para-hydroxylation sites is 2. The van der Waals surface area contributed by atoms with Crippen LogP contribution in [0.25, 0.3) is 0 Å². The Morgan fingerprint density at radius 3 is 2.52 bits per heavy atom. The molecule has 23 heavy (non-hydrogen) atoms. The first-order valence-corrected chi connectivity index (χ1v) is 8.13. The highest BCUT2D eigenvalue weighted by atomic mass is 127. The summed E-state index contributed by atoms with van der Waals surface area (Å²) in [6, 6.07) is 8.23. The van der Waals surface area contributed by atoms with Gasteiger partial charge in [-0.25, -0.2) is 0 Å². The molecule has 1 aliphatic heterocycles. The van der Waals surface area contributed by atoms with Gasteiger partial charge in [-0.05, 0) is 18.6 Å². The summed E-state index contributed by atoms with van der Waals surface area (Å²) in [5.41, 5.74) is 1.18. The van der Waals surface area contributed by atoms with Gasteiger partial charge in [-0.2, -0.15) is 0 Å². The third-order valence-corrected chi connectivity index (χ3v) is 4.03. The zero-order valence-electron chi connectivity index (χ0n) is 14.4. The van der Waals surface area contributed by atoms with Crippen molar-refractivity contribution in [3.63, 3.8) is 0 Å². The molecule has 0 atom stereocenters. The summed E-state index contributed by atoms with van der Waals surface area (Å²) in [6.07, 6.45) is 2.38. The molecular weight excluding hydrogens is 403 g/mol. The van der Waals surface area contributed by atoms with Gasteiger partial charge < -0.3 is 19.9 Å². The molecular formula is C17H29IN4O. The summed E-state index contributed by atoms with van der Waals surface area (Å²) in [4.78, 5) is 9.12. The molecule has 0 bridgehead atoms. The van der Waals surface area contributed by atoms with Gasteiger partial charge in [-0.3, -0.25) is 4.99 Å². The molecule has 1 aromatic carbocycles. The zero-order valence-corrected chi connectivity index (χ0v) is 16.7. The number of nitrogens with one attached hydrogen (secondary N) is 1. The summed E-state index contributed by atoms with van der Waals surface area (Å²) in [7, 11) is 3.59. The van der Waals surface area contributed by atoms with E-state index in [0.717, 1.165) is 44.4 Å². The Hall–Kier alpha value is -1.18. The molecule has 1 heterocycles. The van der Waals surface area contributed by atoms with Crippen LogP contribution < -0.4 is 15.0 Å². The second-order valence-electron chi connectivity index (χ2n) is 5.47. The number of methoxy groups -OCH3 is 1. The van der Waals surface area contributed by atoms with E-state index >= 15 is 0 Å². The second-order valence-corrected chi connectivity index (χ2v) is 5.47. The third-order valence-electron chi connectivity index (χ3n) is 4.03. The van der Waals surface area contributed by atoms with Crippen molar-refractivity contribution < 1.29 is 4.74 Å². The van der Waals surface area contributed by atoms with Crippen LogP contribution in [-0.2, 0) is 0 Å². The van der Waals surface area contributed by atoms with Crippen LogP contribution in [0.3, 0.4) is 0 Å². The maximum atomic E-state index is 5.47. The molecule has 5 nitrogen and oxygen atoms in total. The van der Waals surface area contributed by atoms with E-state index in [1.165, 1.54) is 18.5 Å². The van der Waals surface area contributed by atoms with Gasteiger partial charge in [0.05, 0.1) is 12.8 Å². The molecule has 6 heteroatoms. The average molecular weight is 432 g/mol.